The average Bonchev–Trinajstić information content (AvgIpc) is 2.41. The minimum Gasteiger partial charge on any atom is -0.454 e. The maximum Gasteiger partial charge on any atom is 0.286 e. The van der Waals surface area contributed by atoms with Crippen LogP contribution >= 0.6 is 11.6 Å². The first-order chi connectivity index (χ1) is 9.97. The van der Waals surface area contributed by atoms with Crippen molar-refractivity contribution >= 4 is 33.1 Å². The minimum atomic E-state index is -3.70. The van der Waals surface area contributed by atoms with E-state index in [0.29, 0.717) is 22.2 Å². The van der Waals surface area contributed by atoms with Crippen molar-refractivity contribution in [1.82, 2.24) is 0 Å². The van der Waals surface area contributed by atoms with Gasteiger partial charge in [-0.15, -0.1) is 4.40 Å². The van der Waals surface area contributed by atoms with Gasteiger partial charge in [0.15, 0.2) is 5.75 Å². The molecular weight excluding hydrogens is 312 g/mol. The smallest absolute Gasteiger partial charge is 0.286 e. The Kier molecular flexibility index (Phi) is 3.35. The zero-order valence-corrected chi connectivity index (χ0v) is 12.6. The van der Waals surface area contributed by atoms with Crippen LogP contribution in [0.2, 0.25) is 5.02 Å². The van der Waals surface area contributed by atoms with Gasteiger partial charge in [0.25, 0.3) is 10.0 Å². The highest BCUT2D eigenvalue weighted by Gasteiger charge is 2.26. The van der Waals surface area contributed by atoms with Crippen molar-refractivity contribution in [2.45, 2.75) is 11.8 Å². The molecule has 0 saturated carbocycles. The third-order valence-corrected chi connectivity index (χ3v) is 4.61. The molecule has 1 aliphatic heterocycles. The molecule has 0 radical (unpaired) electrons. The summed E-state index contributed by atoms with van der Waals surface area (Å²) in [5, 5.41) is 3.37. The predicted octanol–water partition coefficient (Wildman–Crippen LogP) is 3.66. The summed E-state index contributed by atoms with van der Waals surface area (Å²) in [5.74, 6) is 1.11. The van der Waals surface area contributed by atoms with Gasteiger partial charge in [0.1, 0.15) is 22.2 Å². The van der Waals surface area contributed by atoms with Crippen molar-refractivity contribution in [2.75, 3.05) is 5.32 Å². The van der Waals surface area contributed by atoms with Crippen molar-refractivity contribution in [1.29, 1.82) is 0 Å². The van der Waals surface area contributed by atoms with Gasteiger partial charge in [-0.05, 0) is 31.2 Å². The van der Waals surface area contributed by atoms with Crippen LogP contribution in [0.5, 0.6) is 11.5 Å². The fraction of sp³-hybridized carbons (Fsp3) is 0.0714. The van der Waals surface area contributed by atoms with E-state index in [-0.39, 0.29) is 10.7 Å². The van der Waals surface area contributed by atoms with Gasteiger partial charge in [0.2, 0.25) is 0 Å². The highest BCUT2D eigenvalue weighted by atomic mass is 35.5. The molecule has 21 heavy (non-hydrogen) atoms. The number of halogens is 1. The number of hydrogen-bond acceptors (Lipinski definition) is 4. The summed E-state index contributed by atoms with van der Waals surface area (Å²) in [6, 6.07) is 11.7. The summed E-state index contributed by atoms with van der Waals surface area (Å²) in [5.41, 5.74) is 0.366. The Hall–Kier alpha value is -2.05. The van der Waals surface area contributed by atoms with Crippen molar-refractivity contribution in [3.63, 3.8) is 0 Å². The Bertz CT molecular complexity index is 847. The van der Waals surface area contributed by atoms with Gasteiger partial charge in [-0.3, -0.25) is 0 Å². The first kappa shape index (κ1) is 13.9. The molecule has 0 atom stereocenters. The maximum absolute atomic E-state index is 12.0. The molecule has 5 nitrogen and oxygen atoms in total. The maximum atomic E-state index is 12.0. The van der Waals surface area contributed by atoms with Crippen LogP contribution in [0.25, 0.3) is 0 Å². The number of amidine groups is 1. The lowest BCUT2D eigenvalue weighted by Crippen LogP contribution is -2.19. The van der Waals surface area contributed by atoms with Crippen molar-refractivity contribution in [3.05, 3.63) is 47.5 Å². The van der Waals surface area contributed by atoms with E-state index in [1.165, 1.54) is 6.07 Å². The molecular formula is C14H11ClN2O3S. The van der Waals surface area contributed by atoms with Gasteiger partial charge in [-0.2, -0.15) is 8.42 Å². The Morgan fingerprint density at radius 1 is 1.10 bits per heavy atom. The van der Waals surface area contributed by atoms with Crippen LogP contribution in [0.4, 0.5) is 5.69 Å². The van der Waals surface area contributed by atoms with Crippen LogP contribution in [0, 0.1) is 0 Å². The first-order valence-electron chi connectivity index (χ1n) is 6.11. The summed E-state index contributed by atoms with van der Waals surface area (Å²) in [6.07, 6.45) is 0. The normalized spacial score (nSPS) is 15.6. The van der Waals surface area contributed by atoms with E-state index >= 15 is 0 Å². The second-order valence-electron chi connectivity index (χ2n) is 4.44. The first-order valence-corrected chi connectivity index (χ1v) is 7.93. The Morgan fingerprint density at radius 2 is 1.81 bits per heavy atom. The summed E-state index contributed by atoms with van der Waals surface area (Å²) in [7, 11) is -3.70. The number of sulfonamides is 1. The van der Waals surface area contributed by atoms with Gasteiger partial charge in [0.05, 0.1) is 5.02 Å². The van der Waals surface area contributed by atoms with E-state index in [1.807, 2.05) is 0 Å². The van der Waals surface area contributed by atoms with E-state index in [0.717, 1.165) is 0 Å². The lowest BCUT2D eigenvalue weighted by Gasteiger charge is -2.19. The lowest BCUT2D eigenvalue weighted by atomic mass is 10.2. The molecule has 1 aliphatic rings. The highest BCUT2D eigenvalue weighted by Crippen LogP contribution is 2.39. The van der Waals surface area contributed by atoms with Crippen LogP contribution in [0.15, 0.2) is 51.8 Å². The molecule has 2 aromatic rings. The number of nitrogens with zero attached hydrogens (tertiary/aromatic N) is 1. The molecule has 0 unspecified atom stereocenters. The molecule has 7 heteroatoms. The molecule has 0 amide bonds. The quantitative estimate of drug-likeness (QED) is 0.916. The highest BCUT2D eigenvalue weighted by molar-refractivity contribution is 7.90. The number of ether oxygens (including phenoxy) is 1. The fourth-order valence-corrected chi connectivity index (χ4v) is 3.35. The number of fused-ring (bicyclic) bond motifs is 1. The van der Waals surface area contributed by atoms with E-state index in [2.05, 4.69) is 9.71 Å². The zero-order valence-electron chi connectivity index (χ0n) is 11.0. The molecule has 1 heterocycles. The number of nitrogens with one attached hydrogen (secondary N) is 1. The number of anilines is 1. The van der Waals surface area contributed by atoms with Crippen LogP contribution in [-0.2, 0) is 10.0 Å². The summed E-state index contributed by atoms with van der Waals surface area (Å²) < 4.78 is 33.4. The van der Waals surface area contributed by atoms with E-state index in [9.17, 15) is 8.42 Å². The molecule has 0 saturated heterocycles. The van der Waals surface area contributed by atoms with Gasteiger partial charge >= 0.3 is 0 Å². The third-order valence-electron chi connectivity index (χ3n) is 2.89. The molecule has 0 aromatic heterocycles. The Morgan fingerprint density at radius 3 is 2.57 bits per heavy atom. The number of benzene rings is 2. The standard InChI is InChI=1S/C14H11ClN2O3S/c1-9-16-14-12(20-11-6-3-2-5-10(11)15)7-4-8-13(14)21(18,19)17-9/h2-8H,1H3,(H,16,17). The number of para-hydroxylation sites is 2. The Labute approximate surface area is 127 Å². The number of hydrogen-bond donors (Lipinski definition) is 1. The summed E-state index contributed by atoms with van der Waals surface area (Å²) in [4.78, 5) is 0.0812. The molecule has 2 aromatic carbocycles. The fourth-order valence-electron chi connectivity index (χ4n) is 2.01. The summed E-state index contributed by atoms with van der Waals surface area (Å²) >= 11 is 6.05. The van der Waals surface area contributed by atoms with E-state index in [1.54, 1.807) is 43.3 Å². The SMILES string of the molecule is CC1=NS(=O)(=O)c2cccc(Oc3ccccc3Cl)c2N1. The Balaban J connectivity index is 2.10. The van der Waals surface area contributed by atoms with Crippen LogP contribution in [-0.4, -0.2) is 14.3 Å². The minimum absolute atomic E-state index is 0.0812. The predicted molar refractivity (Wildman–Crippen MR) is 81.9 cm³/mol. The van der Waals surface area contributed by atoms with E-state index in [4.69, 9.17) is 16.3 Å². The monoisotopic (exact) mass is 322 g/mol. The summed E-state index contributed by atoms with van der Waals surface area (Å²) in [6.45, 7) is 1.58. The van der Waals surface area contributed by atoms with Crippen molar-refractivity contribution < 1.29 is 13.2 Å². The van der Waals surface area contributed by atoms with Crippen molar-refractivity contribution in [2.24, 2.45) is 4.40 Å². The molecule has 1 N–H and O–H groups in total. The average molecular weight is 323 g/mol. The molecule has 3 rings (SSSR count). The van der Waals surface area contributed by atoms with Gasteiger partial charge < -0.3 is 10.1 Å². The topological polar surface area (TPSA) is 67.8 Å². The van der Waals surface area contributed by atoms with Crippen LogP contribution < -0.4 is 10.1 Å². The van der Waals surface area contributed by atoms with Gasteiger partial charge in [-0.25, -0.2) is 0 Å². The van der Waals surface area contributed by atoms with E-state index < -0.39 is 10.0 Å². The van der Waals surface area contributed by atoms with Gasteiger partial charge in [-0.1, -0.05) is 29.8 Å². The molecule has 0 aliphatic carbocycles. The molecule has 0 spiro atoms. The lowest BCUT2D eigenvalue weighted by molar-refractivity contribution is 0.483. The van der Waals surface area contributed by atoms with Crippen molar-refractivity contribution in [3.8, 4) is 11.5 Å². The second kappa shape index (κ2) is 5.05. The largest absolute Gasteiger partial charge is 0.454 e. The number of rotatable bonds is 2. The van der Waals surface area contributed by atoms with Gasteiger partial charge in [0, 0.05) is 0 Å². The zero-order chi connectivity index (χ0) is 15.0. The second-order valence-corrected chi connectivity index (χ2v) is 6.42. The molecule has 0 bridgehead atoms. The third kappa shape index (κ3) is 2.59. The van der Waals surface area contributed by atoms with Crippen LogP contribution in [0.3, 0.4) is 0 Å². The van der Waals surface area contributed by atoms with Crippen LogP contribution in [0.1, 0.15) is 6.92 Å². The molecule has 108 valence electrons. The molecule has 0 fully saturated rings.